The Hall–Kier alpha value is -2.65. The van der Waals surface area contributed by atoms with Crippen LogP contribution >= 0.6 is 0 Å². The van der Waals surface area contributed by atoms with Crippen LogP contribution in [-0.2, 0) is 6.54 Å². The summed E-state index contributed by atoms with van der Waals surface area (Å²) in [7, 11) is 0. The Bertz CT molecular complexity index is 893. The second-order valence-corrected chi connectivity index (χ2v) is 8.16. The maximum absolute atomic E-state index is 13.5. The maximum atomic E-state index is 13.5. The quantitative estimate of drug-likeness (QED) is 0.733. The Morgan fingerprint density at radius 3 is 2.66 bits per heavy atom. The Morgan fingerprint density at radius 1 is 1.07 bits per heavy atom. The van der Waals surface area contributed by atoms with Crippen LogP contribution in [0.15, 0.2) is 36.7 Å². The summed E-state index contributed by atoms with van der Waals surface area (Å²) in [6.45, 7) is 0.755. The molecule has 3 N–H and O–H groups in total. The molecule has 1 aromatic carbocycles. The number of halogens is 2. The van der Waals surface area contributed by atoms with E-state index in [1.807, 2.05) is 6.07 Å². The van der Waals surface area contributed by atoms with Crippen LogP contribution in [0.25, 0.3) is 0 Å². The first-order chi connectivity index (χ1) is 14.1. The van der Waals surface area contributed by atoms with E-state index in [2.05, 4.69) is 26.4 Å². The molecular weight excluding hydrogens is 378 g/mol. The van der Waals surface area contributed by atoms with E-state index in [0.29, 0.717) is 18.0 Å². The molecule has 1 aliphatic carbocycles. The molecule has 1 aromatic heterocycles. The van der Waals surface area contributed by atoms with E-state index in [1.54, 1.807) is 17.3 Å². The molecule has 5 rings (SSSR count). The molecular formula is C20H22F2N6O. The number of nitrogens with one attached hydrogen (secondary N) is 3. The zero-order chi connectivity index (χ0) is 20.0. The van der Waals surface area contributed by atoms with Crippen molar-refractivity contribution in [1.29, 1.82) is 0 Å². The summed E-state index contributed by atoms with van der Waals surface area (Å²) in [6, 6.07) is 5.66. The number of nitrogens with zero attached hydrogens (tertiary/aromatic N) is 3. The van der Waals surface area contributed by atoms with Gasteiger partial charge >= 0.3 is 6.03 Å². The number of carbonyl (C=O) groups is 1. The van der Waals surface area contributed by atoms with Crippen molar-refractivity contribution in [3.8, 4) is 0 Å². The number of urea groups is 1. The summed E-state index contributed by atoms with van der Waals surface area (Å²) >= 11 is 0. The van der Waals surface area contributed by atoms with Gasteiger partial charge in [-0.25, -0.2) is 19.0 Å². The first kappa shape index (κ1) is 18.4. The van der Waals surface area contributed by atoms with Crippen LogP contribution in [-0.4, -0.2) is 39.8 Å². The second-order valence-electron chi connectivity index (χ2n) is 8.16. The minimum atomic E-state index is -0.632. The van der Waals surface area contributed by atoms with Crippen molar-refractivity contribution in [3.63, 3.8) is 0 Å². The standard InChI is InChI=1S/C20H22F2N6O/c21-14-3-11(4-15(22)6-14)9-28-10-13-5-16-18(7-17(13)25-20(28)29)26-27-19(16)12-1-2-23-24-8-12/h1-4,6,8,13,16-19,26-27H,5,7,9-10H2,(H,25,29). The van der Waals surface area contributed by atoms with Crippen molar-refractivity contribution >= 4 is 6.03 Å². The fourth-order valence-electron chi connectivity index (χ4n) is 5.03. The second kappa shape index (κ2) is 7.31. The van der Waals surface area contributed by atoms with Gasteiger partial charge in [-0.05, 0) is 54.0 Å². The molecule has 5 unspecified atom stereocenters. The van der Waals surface area contributed by atoms with Crippen molar-refractivity contribution in [2.75, 3.05) is 6.54 Å². The maximum Gasteiger partial charge on any atom is 0.317 e. The predicted octanol–water partition coefficient (Wildman–Crippen LogP) is 1.89. The van der Waals surface area contributed by atoms with Crippen molar-refractivity contribution in [2.24, 2.45) is 11.8 Å². The number of amides is 2. The zero-order valence-corrected chi connectivity index (χ0v) is 15.7. The van der Waals surface area contributed by atoms with E-state index in [0.717, 1.165) is 24.5 Å². The van der Waals surface area contributed by atoms with E-state index in [-0.39, 0.29) is 36.6 Å². The van der Waals surface area contributed by atoms with Crippen LogP contribution in [0, 0.1) is 23.5 Å². The summed E-state index contributed by atoms with van der Waals surface area (Å²) in [5.41, 5.74) is 8.29. The van der Waals surface area contributed by atoms with Gasteiger partial charge in [-0.3, -0.25) is 5.43 Å². The highest BCUT2D eigenvalue weighted by Gasteiger charge is 2.47. The average Bonchev–Trinajstić information content (AvgIpc) is 3.09. The topological polar surface area (TPSA) is 82.2 Å². The molecule has 3 fully saturated rings. The smallest absolute Gasteiger partial charge is 0.317 e. The van der Waals surface area contributed by atoms with E-state index in [1.165, 1.54) is 12.1 Å². The van der Waals surface area contributed by atoms with Crippen LogP contribution in [0.3, 0.4) is 0 Å². The minimum Gasteiger partial charge on any atom is -0.335 e. The van der Waals surface area contributed by atoms with Crippen molar-refractivity contribution in [2.45, 2.75) is 37.5 Å². The van der Waals surface area contributed by atoms with Crippen LogP contribution in [0.1, 0.15) is 30.0 Å². The van der Waals surface area contributed by atoms with Gasteiger partial charge in [0.1, 0.15) is 11.6 Å². The fourth-order valence-corrected chi connectivity index (χ4v) is 5.03. The number of fused-ring (bicyclic) bond motifs is 2. The van der Waals surface area contributed by atoms with Crippen molar-refractivity contribution in [3.05, 3.63) is 59.4 Å². The van der Waals surface area contributed by atoms with E-state index in [9.17, 15) is 13.6 Å². The lowest BCUT2D eigenvalue weighted by atomic mass is 9.71. The number of hydrogen-bond acceptors (Lipinski definition) is 5. The number of rotatable bonds is 3. The lowest BCUT2D eigenvalue weighted by molar-refractivity contribution is 0.0960. The molecule has 2 amide bonds. The number of benzene rings is 1. The molecule has 3 aliphatic rings. The summed E-state index contributed by atoms with van der Waals surface area (Å²) in [4.78, 5) is 14.2. The van der Waals surface area contributed by atoms with Crippen molar-refractivity contribution < 1.29 is 13.6 Å². The van der Waals surface area contributed by atoms with Gasteiger partial charge in [0.2, 0.25) is 0 Å². The first-order valence-corrected chi connectivity index (χ1v) is 9.85. The van der Waals surface area contributed by atoms with Gasteiger partial charge in [0.15, 0.2) is 0 Å². The highest BCUT2D eigenvalue weighted by Crippen LogP contribution is 2.41. The van der Waals surface area contributed by atoms with Gasteiger partial charge in [0.05, 0.1) is 12.2 Å². The van der Waals surface area contributed by atoms with Gasteiger partial charge in [-0.15, -0.1) is 0 Å². The van der Waals surface area contributed by atoms with Gasteiger partial charge < -0.3 is 10.2 Å². The van der Waals surface area contributed by atoms with E-state index in [4.69, 9.17) is 0 Å². The van der Waals surface area contributed by atoms with Gasteiger partial charge in [-0.1, -0.05) is 0 Å². The minimum absolute atomic E-state index is 0.0906. The fraction of sp³-hybridized carbons (Fsp3) is 0.450. The van der Waals surface area contributed by atoms with Crippen LogP contribution in [0.5, 0.6) is 0 Å². The average molecular weight is 400 g/mol. The number of hydrazine groups is 1. The summed E-state index contributed by atoms with van der Waals surface area (Å²) in [6.07, 6.45) is 5.24. The van der Waals surface area contributed by atoms with E-state index >= 15 is 0 Å². The normalized spacial score (nSPS) is 31.2. The molecule has 9 heteroatoms. The molecule has 29 heavy (non-hydrogen) atoms. The van der Waals surface area contributed by atoms with Crippen LogP contribution < -0.4 is 16.2 Å². The van der Waals surface area contributed by atoms with Crippen molar-refractivity contribution in [1.82, 2.24) is 31.3 Å². The third-order valence-electron chi connectivity index (χ3n) is 6.33. The zero-order valence-electron chi connectivity index (χ0n) is 15.7. The Morgan fingerprint density at radius 2 is 1.90 bits per heavy atom. The Labute approximate surface area is 166 Å². The highest BCUT2D eigenvalue weighted by atomic mass is 19.1. The predicted molar refractivity (Wildman–Crippen MR) is 100 cm³/mol. The largest absolute Gasteiger partial charge is 0.335 e. The van der Waals surface area contributed by atoms with Gasteiger partial charge in [-0.2, -0.15) is 10.2 Å². The number of aromatic nitrogens is 2. The molecule has 152 valence electrons. The lowest BCUT2D eigenvalue weighted by Crippen LogP contribution is -2.60. The Kier molecular flexibility index (Phi) is 4.63. The summed E-state index contributed by atoms with van der Waals surface area (Å²) in [5, 5.41) is 10.9. The van der Waals surface area contributed by atoms with Gasteiger partial charge in [0.25, 0.3) is 0 Å². The molecule has 1 saturated carbocycles. The van der Waals surface area contributed by atoms with E-state index < -0.39 is 11.6 Å². The molecule has 0 bridgehead atoms. The molecule has 5 atom stereocenters. The molecule has 2 aromatic rings. The lowest BCUT2D eigenvalue weighted by Gasteiger charge is -2.45. The number of carbonyl (C=O) groups excluding carboxylic acids is 1. The summed E-state index contributed by atoms with van der Waals surface area (Å²) < 4.78 is 27.0. The molecule has 2 saturated heterocycles. The molecule has 0 spiro atoms. The first-order valence-electron chi connectivity index (χ1n) is 9.85. The molecule has 2 aliphatic heterocycles. The number of hydrogen-bond donors (Lipinski definition) is 3. The highest BCUT2D eigenvalue weighted by molar-refractivity contribution is 5.75. The summed E-state index contributed by atoms with van der Waals surface area (Å²) in [5.74, 6) is -0.629. The third-order valence-corrected chi connectivity index (χ3v) is 6.33. The van der Waals surface area contributed by atoms with Gasteiger partial charge in [0, 0.05) is 37.4 Å². The molecule has 7 nitrogen and oxygen atoms in total. The monoisotopic (exact) mass is 400 g/mol. The Balaban J connectivity index is 1.31. The van der Waals surface area contributed by atoms with Crippen LogP contribution in [0.2, 0.25) is 0 Å². The third kappa shape index (κ3) is 3.56. The molecule has 0 radical (unpaired) electrons. The molecule has 3 heterocycles. The van der Waals surface area contributed by atoms with Crippen LogP contribution in [0.4, 0.5) is 13.6 Å². The SMILES string of the molecule is O=C1NC2CC3NNC(c4ccnnc4)C3CC2CN1Cc1cc(F)cc(F)c1.